The Morgan fingerprint density at radius 1 is 1.06 bits per heavy atom. The number of aryl methyl sites for hydroxylation is 1. The Balaban J connectivity index is 2.25. The third kappa shape index (κ3) is 1.80. The van der Waals surface area contributed by atoms with Gasteiger partial charge in [0.1, 0.15) is 0 Å². The fraction of sp³-hybridized carbons (Fsp3) is 0.0667. The fourth-order valence-electron chi connectivity index (χ4n) is 2.08. The molecule has 0 amide bonds. The van der Waals surface area contributed by atoms with E-state index in [1.165, 1.54) is 0 Å². The van der Waals surface area contributed by atoms with Gasteiger partial charge in [-0.3, -0.25) is 9.78 Å². The molecule has 2 heterocycles. The van der Waals surface area contributed by atoms with Gasteiger partial charge in [-0.2, -0.15) is 0 Å². The first-order valence-corrected chi connectivity index (χ1v) is 5.78. The molecule has 0 bridgehead atoms. The number of rotatable bonds is 1. The molecule has 0 aliphatic heterocycles. The second-order valence-corrected chi connectivity index (χ2v) is 4.29. The van der Waals surface area contributed by atoms with Crippen molar-refractivity contribution in [1.29, 1.82) is 0 Å². The smallest absolute Gasteiger partial charge is 0.189 e. The molecule has 0 atom stereocenters. The number of benzene rings is 1. The third-order valence-corrected chi connectivity index (χ3v) is 2.99. The lowest BCUT2D eigenvalue weighted by molar-refractivity contribution is 1.20. The first kappa shape index (κ1) is 10.7. The molecule has 3 rings (SSSR count). The molecule has 0 fully saturated rings. The van der Waals surface area contributed by atoms with Crippen LogP contribution in [-0.4, -0.2) is 9.97 Å². The monoisotopic (exact) mass is 236 g/mol. The normalized spacial score (nSPS) is 10.7. The maximum absolute atomic E-state index is 11.8. The molecular weight excluding hydrogens is 224 g/mol. The van der Waals surface area contributed by atoms with Crippen molar-refractivity contribution in [3.8, 4) is 11.1 Å². The molecule has 0 unspecified atom stereocenters. The molecule has 0 aliphatic carbocycles. The number of nitrogens with one attached hydrogen (secondary N) is 1. The summed E-state index contributed by atoms with van der Waals surface area (Å²) in [5.74, 6) is 0. The van der Waals surface area contributed by atoms with Gasteiger partial charge < -0.3 is 4.98 Å². The minimum atomic E-state index is 0.0383. The van der Waals surface area contributed by atoms with Crippen LogP contribution in [0.4, 0.5) is 0 Å². The van der Waals surface area contributed by atoms with Gasteiger partial charge in [-0.25, -0.2) is 0 Å². The van der Waals surface area contributed by atoms with Crippen LogP contribution < -0.4 is 5.43 Å². The number of fused-ring (bicyclic) bond motifs is 1. The zero-order valence-corrected chi connectivity index (χ0v) is 9.97. The SMILES string of the molecule is Cc1cc(-c2ccc3[nH]ccc(=O)c3c2)ccn1. The van der Waals surface area contributed by atoms with Gasteiger partial charge in [0.05, 0.1) is 0 Å². The van der Waals surface area contributed by atoms with E-state index in [1.54, 1.807) is 18.5 Å². The predicted molar refractivity (Wildman–Crippen MR) is 72.5 cm³/mol. The Morgan fingerprint density at radius 3 is 2.72 bits per heavy atom. The highest BCUT2D eigenvalue weighted by Gasteiger charge is 2.02. The zero-order chi connectivity index (χ0) is 12.5. The van der Waals surface area contributed by atoms with Crippen molar-refractivity contribution in [1.82, 2.24) is 9.97 Å². The van der Waals surface area contributed by atoms with E-state index < -0.39 is 0 Å². The van der Waals surface area contributed by atoms with Crippen LogP contribution in [0.25, 0.3) is 22.0 Å². The number of aromatic nitrogens is 2. The summed E-state index contributed by atoms with van der Waals surface area (Å²) in [6, 6.07) is 11.4. The van der Waals surface area contributed by atoms with Gasteiger partial charge in [0.2, 0.25) is 0 Å². The summed E-state index contributed by atoms with van der Waals surface area (Å²) in [6.45, 7) is 1.96. The maximum Gasteiger partial charge on any atom is 0.189 e. The molecule has 0 saturated heterocycles. The molecule has 0 saturated carbocycles. The summed E-state index contributed by atoms with van der Waals surface area (Å²) in [6.07, 6.45) is 3.45. The van der Waals surface area contributed by atoms with E-state index in [4.69, 9.17) is 0 Å². The summed E-state index contributed by atoms with van der Waals surface area (Å²) < 4.78 is 0. The summed E-state index contributed by atoms with van der Waals surface area (Å²) in [4.78, 5) is 19.0. The average Bonchev–Trinajstić information content (AvgIpc) is 2.39. The van der Waals surface area contributed by atoms with Gasteiger partial charge in [0.15, 0.2) is 5.43 Å². The van der Waals surface area contributed by atoms with Crippen molar-refractivity contribution in [3.63, 3.8) is 0 Å². The quantitative estimate of drug-likeness (QED) is 0.706. The number of hydrogen-bond acceptors (Lipinski definition) is 2. The summed E-state index contributed by atoms with van der Waals surface area (Å²) in [5.41, 5.74) is 3.97. The van der Waals surface area contributed by atoms with Crippen molar-refractivity contribution in [2.45, 2.75) is 6.92 Å². The molecule has 0 spiro atoms. The van der Waals surface area contributed by atoms with Crippen LogP contribution in [0.2, 0.25) is 0 Å². The summed E-state index contributed by atoms with van der Waals surface area (Å²) in [7, 11) is 0. The molecule has 88 valence electrons. The van der Waals surface area contributed by atoms with Crippen molar-refractivity contribution in [2.75, 3.05) is 0 Å². The van der Waals surface area contributed by atoms with E-state index in [-0.39, 0.29) is 5.43 Å². The molecule has 1 N–H and O–H groups in total. The van der Waals surface area contributed by atoms with Crippen LogP contribution in [0.5, 0.6) is 0 Å². The second kappa shape index (κ2) is 4.11. The molecule has 0 aliphatic rings. The van der Waals surface area contributed by atoms with Crippen LogP contribution in [0.15, 0.2) is 53.6 Å². The summed E-state index contributed by atoms with van der Waals surface area (Å²) >= 11 is 0. The van der Waals surface area contributed by atoms with Crippen LogP contribution >= 0.6 is 0 Å². The van der Waals surface area contributed by atoms with E-state index in [1.807, 2.05) is 37.3 Å². The van der Waals surface area contributed by atoms with E-state index in [9.17, 15) is 4.79 Å². The van der Waals surface area contributed by atoms with Gasteiger partial charge in [-0.05, 0) is 42.3 Å². The molecule has 3 nitrogen and oxygen atoms in total. The molecule has 1 aromatic carbocycles. The van der Waals surface area contributed by atoms with E-state index in [0.717, 1.165) is 22.3 Å². The Bertz CT molecular complexity index is 775. The van der Waals surface area contributed by atoms with Crippen LogP contribution in [0, 0.1) is 6.92 Å². The molecule has 3 aromatic rings. The Morgan fingerprint density at radius 2 is 1.89 bits per heavy atom. The highest BCUT2D eigenvalue weighted by atomic mass is 16.1. The number of pyridine rings is 2. The minimum Gasteiger partial charge on any atom is -0.361 e. The Kier molecular flexibility index (Phi) is 2.45. The lowest BCUT2D eigenvalue weighted by Gasteiger charge is -2.04. The summed E-state index contributed by atoms with van der Waals surface area (Å²) in [5, 5.41) is 0.712. The zero-order valence-electron chi connectivity index (χ0n) is 9.97. The highest BCUT2D eigenvalue weighted by Crippen LogP contribution is 2.22. The number of hydrogen-bond donors (Lipinski definition) is 1. The molecule has 0 radical (unpaired) electrons. The third-order valence-electron chi connectivity index (χ3n) is 2.99. The van der Waals surface area contributed by atoms with Gasteiger partial charge in [-0.1, -0.05) is 6.07 Å². The van der Waals surface area contributed by atoms with Crippen LogP contribution in [-0.2, 0) is 0 Å². The standard InChI is InChI=1S/C15H12N2O/c1-10-8-12(4-6-16-10)11-2-3-14-13(9-11)15(18)5-7-17-14/h2-9H,1H3,(H,17,18). The van der Waals surface area contributed by atoms with Gasteiger partial charge in [0, 0.05) is 35.1 Å². The number of nitrogens with zero attached hydrogens (tertiary/aromatic N) is 1. The van der Waals surface area contributed by atoms with Gasteiger partial charge in [-0.15, -0.1) is 0 Å². The van der Waals surface area contributed by atoms with Crippen LogP contribution in [0.3, 0.4) is 0 Å². The molecule has 3 heteroatoms. The lowest BCUT2D eigenvalue weighted by Crippen LogP contribution is -1.99. The number of H-pyrrole nitrogens is 1. The largest absolute Gasteiger partial charge is 0.361 e. The van der Waals surface area contributed by atoms with Crippen molar-refractivity contribution >= 4 is 10.9 Å². The maximum atomic E-state index is 11.8. The minimum absolute atomic E-state index is 0.0383. The molecule has 18 heavy (non-hydrogen) atoms. The van der Waals surface area contributed by atoms with E-state index in [2.05, 4.69) is 9.97 Å². The van der Waals surface area contributed by atoms with E-state index in [0.29, 0.717) is 5.39 Å². The van der Waals surface area contributed by atoms with Gasteiger partial charge >= 0.3 is 0 Å². The fourth-order valence-corrected chi connectivity index (χ4v) is 2.08. The lowest BCUT2D eigenvalue weighted by atomic mass is 10.0. The van der Waals surface area contributed by atoms with Crippen molar-refractivity contribution in [3.05, 3.63) is 64.7 Å². The average molecular weight is 236 g/mol. The highest BCUT2D eigenvalue weighted by molar-refractivity contribution is 5.84. The Labute approximate surface area is 104 Å². The molecule has 2 aromatic heterocycles. The topological polar surface area (TPSA) is 45.8 Å². The Hall–Kier alpha value is -2.42. The van der Waals surface area contributed by atoms with E-state index >= 15 is 0 Å². The van der Waals surface area contributed by atoms with Crippen molar-refractivity contribution in [2.24, 2.45) is 0 Å². The molecular formula is C15H12N2O. The first-order valence-electron chi connectivity index (χ1n) is 5.78. The van der Waals surface area contributed by atoms with Gasteiger partial charge in [0.25, 0.3) is 0 Å². The first-order chi connectivity index (χ1) is 8.74. The predicted octanol–water partition coefficient (Wildman–Crippen LogP) is 2.90. The van der Waals surface area contributed by atoms with Crippen LogP contribution in [0.1, 0.15) is 5.69 Å². The second-order valence-electron chi connectivity index (χ2n) is 4.29. The van der Waals surface area contributed by atoms with Crippen molar-refractivity contribution < 1.29 is 0 Å². The number of aromatic amines is 1.